The van der Waals surface area contributed by atoms with Gasteiger partial charge < -0.3 is 15.2 Å². The van der Waals surface area contributed by atoms with Crippen molar-refractivity contribution >= 4 is 5.97 Å². The molecular weight excluding hydrogens is 206 g/mol. The molecule has 4 nitrogen and oxygen atoms in total. The number of para-hydroxylation sites is 1. The average Bonchev–Trinajstić information content (AvgIpc) is 2.30. The summed E-state index contributed by atoms with van der Waals surface area (Å²) < 4.78 is 5.25. The Morgan fingerprint density at radius 1 is 1.50 bits per heavy atom. The normalized spacial score (nSPS) is 12.1. The van der Waals surface area contributed by atoms with E-state index >= 15 is 0 Å². The minimum Gasteiger partial charge on any atom is -0.496 e. The van der Waals surface area contributed by atoms with Crippen LogP contribution >= 0.6 is 0 Å². The van der Waals surface area contributed by atoms with Crippen LogP contribution in [0.2, 0.25) is 0 Å². The monoisotopic (exact) mass is 223 g/mol. The molecule has 1 rings (SSSR count). The van der Waals surface area contributed by atoms with Gasteiger partial charge in [-0.15, -0.1) is 0 Å². The van der Waals surface area contributed by atoms with E-state index in [-0.39, 0.29) is 12.5 Å². The van der Waals surface area contributed by atoms with Crippen molar-refractivity contribution < 1.29 is 14.6 Å². The minimum absolute atomic E-state index is 0.00671. The smallest absolute Gasteiger partial charge is 0.303 e. The van der Waals surface area contributed by atoms with E-state index in [2.05, 4.69) is 5.32 Å². The molecule has 0 aliphatic rings. The lowest BCUT2D eigenvalue weighted by atomic mass is 10.0. The quantitative estimate of drug-likeness (QED) is 0.772. The lowest BCUT2D eigenvalue weighted by molar-refractivity contribution is -0.137. The number of carboxylic acid groups (broad SMARTS) is 1. The molecule has 4 heteroatoms. The maximum Gasteiger partial charge on any atom is 0.303 e. The van der Waals surface area contributed by atoms with Gasteiger partial charge in [-0.05, 0) is 19.5 Å². The van der Waals surface area contributed by atoms with Gasteiger partial charge in [0.25, 0.3) is 0 Å². The molecule has 2 N–H and O–H groups in total. The Morgan fingerprint density at radius 3 is 2.75 bits per heavy atom. The van der Waals surface area contributed by atoms with Gasteiger partial charge in [0.15, 0.2) is 0 Å². The van der Waals surface area contributed by atoms with Crippen molar-refractivity contribution in [1.82, 2.24) is 5.32 Å². The maximum absolute atomic E-state index is 10.5. The van der Waals surface area contributed by atoms with Crippen molar-refractivity contribution in [1.29, 1.82) is 0 Å². The van der Waals surface area contributed by atoms with Gasteiger partial charge in [-0.2, -0.15) is 0 Å². The molecular formula is C12H17NO3. The Labute approximate surface area is 95.2 Å². The van der Waals surface area contributed by atoms with Crippen molar-refractivity contribution in [2.75, 3.05) is 14.2 Å². The lowest BCUT2D eigenvalue weighted by Crippen LogP contribution is -2.18. The van der Waals surface area contributed by atoms with E-state index in [0.717, 1.165) is 11.3 Å². The maximum atomic E-state index is 10.5. The second-order valence-electron chi connectivity index (χ2n) is 3.52. The van der Waals surface area contributed by atoms with Crippen molar-refractivity contribution in [2.24, 2.45) is 0 Å². The number of carboxylic acids is 1. The fourth-order valence-corrected chi connectivity index (χ4v) is 1.68. The highest BCUT2D eigenvalue weighted by molar-refractivity contribution is 5.66. The van der Waals surface area contributed by atoms with E-state index < -0.39 is 5.97 Å². The molecule has 0 aliphatic carbocycles. The second kappa shape index (κ2) is 6.12. The van der Waals surface area contributed by atoms with Crippen LogP contribution in [0.25, 0.3) is 0 Å². The molecule has 1 aromatic carbocycles. The van der Waals surface area contributed by atoms with Gasteiger partial charge in [0.1, 0.15) is 5.75 Å². The first-order valence-electron chi connectivity index (χ1n) is 5.21. The highest BCUT2D eigenvalue weighted by Gasteiger charge is 2.14. The van der Waals surface area contributed by atoms with E-state index in [4.69, 9.17) is 9.84 Å². The predicted octanol–water partition coefficient (Wildman–Crippen LogP) is 1.82. The molecule has 0 amide bonds. The molecule has 0 radical (unpaired) electrons. The third-order valence-corrected chi connectivity index (χ3v) is 2.51. The summed E-state index contributed by atoms with van der Waals surface area (Å²) in [6.45, 7) is 0. The molecule has 1 unspecified atom stereocenters. The molecule has 0 bridgehead atoms. The number of carbonyl (C=O) groups is 1. The van der Waals surface area contributed by atoms with Crippen molar-refractivity contribution in [3.8, 4) is 5.75 Å². The van der Waals surface area contributed by atoms with Crippen LogP contribution in [0.3, 0.4) is 0 Å². The molecule has 0 fully saturated rings. The summed E-state index contributed by atoms with van der Waals surface area (Å²) in [6, 6.07) is 7.64. The van der Waals surface area contributed by atoms with Crippen molar-refractivity contribution in [3.05, 3.63) is 29.8 Å². The number of hydrogen-bond donors (Lipinski definition) is 2. The SMILES string of the molecule is CNC(CCC(=O)O)c1ccccc1OC. The van der Waals surface area contributed by atoms with Gasteiger partial charge in [-0.25, -0.2) is 0 Å². The first kappa shape index (κ1) is 12.5. The summed E-state index contributed by atoms with van der Waals surface area (Å²) in [7, 11) is 3.43. The van der Waals surface area contributed by atoms with Gasteiger partial charge in [-0.3, -0.25) is 4.79 Å². The summed E-state index contributed by atoms with van der Waals surface area (Å²) in [5.41, 5.74) is 0.994. The average molecular weight is 223 g/mol. The van der Waals surface area contributed by atoms with Crippen LogP contribution in [-0.2, 0) is 4.79 Å². The van der Waals surface area contributed by atoms with Crippen LogP contribution in [0.4, 0.5) is 0 Å². The summed E-state index contributed by atoms with van der Waals surface area (Å²) in [5.74, 6) is 0.00221. The molecule has 1 aromatic rings. The number of hydrogen-bond acceptors (Lipinski definition) is 3. The highest BCUT2D eigenvalue weighted by atomic mass is 16.5. The van der Waals surface area contributed by atoms with E-state index in [1.807, 2.05) is 31.3 Å². The van der Waals surface area contributed by atoms with Crippen LogP contribution in [0, 0.1) is 0 Å². The Kier molecular flexibility index (Phi) is 4.79. The van der Waals surface area contributed by atoms with E-state index in [9.17, 15) is 4.79 Å². The molecule has 0 aromatic heterocycles. The molecule has 0 spiro atoms. The molecule has 88 valence electrons. The van der Waals surface area contributed by atoms with Crippen LogP contribution in [0.1, 0.15) is 24.4 Å². The number of aliphatic carboxylic acids is 1. The molecule has 16 heavy (non-hydrogen) atoms. The third-order valence-electron chi connectivity index (χ3n) is 2.51. The molecule has 0 saturated heterocycles. The summed E-state index contributed by atoms with van der Waals surface area (Å²) in [5, 5.41) is 11.8. The second-order valence-corrected chi connectivity index (χ2v) is 3.52. The Balaban J connectivity index is 2.81. The van der Waals surface area contributed by atoms with E-state index in [0.29, 0.717) is 6.42 Å². The largest absolute Gasteiger partial charge is 0.496 e. The predicted molar refractivity (Wildman–Crippen MR) is 61.7 cm³/mol. The van der Waals surface area contributed by atoms with Crippen LogP contribution in [0.15, 0.2) is 24.3 Å². The number of ether oxygens (including phenoxy) is 1. The zero-order chi connectivity index (χ0) is 12.0. The molecule has 1 atom stereocenters. The van der Waals surface area contributed by atoms with Crippen LogP contribution in [0.5, 0.6) is 5.75 Å². The summed E-state index contributed by atoms with van der Waals surface area (Å²) >= 11 is 0. The molecule has 0 saturated carbocycles. The van der Waals surface area contributed by atoms with Gasteiger partial charge in [0.2, 0.25) is 0 Å². The lowest BCUT2D eigenvalue weighted by Gasteiger charge is -2.18. The number of nitrogens with one attached hydrogen (secondary N) is 1. The van der Waals surface area contributed by atoms with Gasteiger partial charge in [0, 0.05) is 18.0 Å². The minimum atomic E-state index is -0.782. The zero-order valence-corrected chi connectivity index (χ0v) is 9.56. The van der Waals surface area contributed by atoms with Crippen LogP contribution < -0.4 is 10.1 Å². The summed E-state index contributed by atoms with van der Waals surface area (Å²) in [4.78, 5) is 10.5. The van der Waals surface area contributed by atoms with Gasteiger partial charge >= 0.3 is 5.97 Å². The molecule has 0 heterocycles. The number of methoxy groups -OCH3 is 1. The Hall–Kier alpha value is -1.55. The van der Waals surface area contributed by atoms with Crippen molar-refractivity contribution in [3.63, 3.8) is 0 Å². The highest BCUT2D eigenvalue weighted by Crippen LogP contribution is 2.27. The molecule has 0 aliphatic heterocycles. The van der Waals surface area contributed by atoms with Crippen LogP contribution in [-0.4, -0.2) is 25.2 Å². The first-order chi connectivity index (χ1) is 7.69. The Bertz CT molecular complexity index is 352. The van der Waals surface area contributed by atoms with E-state index in [1.54, 1.807) is 7.11 Å². The first-order valence-corrected chi connectivity index (χ1v) is 5.21. The Morgan fingerprint density at radius 2 is 2.19 bits per heavy atom. The fourth-order valence-electron chi connectivity index (χ4n) is 1.68. The standard InChI is InChI=1S/C12H17NO3/c1-13-10(7-8-12(14)15)9-5-3-4-6-11(9)16-2/h3-6,10,13H,7-8H2,1-2H3,(H,14,15). The topological polar surface area (TPSA) is 58.6 Å². The van der Waals surface area contributed by atoms with Gasteiger partial charge in [-0.1, -0.05) is 18.2 Å². The zero-order valence-electron chi connectivity index (χ0n) is 9.56. The van der Waals surface area contributed by atoms with E-state index in [1.165, 1.54) is 0 Å². The van der Waals surface area contributed by atoms with Crippen molar-refractivity contribution in [2.45, 2.75) is 18.9 Å². The van der Waals surface area contributed by atoms with Gasteiger partial charge in [0.05, 0.1) is 7.11 Å². The summed E-state index contributed by atoms with van der Waals surface area (Å²) in [6.07, 6.45) is 0.690. The third kappa shape index (κ3) is 3.24. The number of rotatable bonds is 6. The fraction of sp³-hybridized carbons (Fsp3) is 0.417. The number of benzene rings is 1.